The molecule has 2 aromatic heterocycles. The summed E-state index contributed by atoms with van der Waals surface area (Å²) in [6.07, 6.45) is 4.75. The lowest BCUT2D eigenvalue weighted by atomic mass is 9.80. The highest BCUT2D eigenvalue weighted by molar-refractivity contribution is 7.52. The van der Waals surface area contributed by atoms with E-state index in [1.54, 1.807) is 6.92 Å². The highest BCUT2D eigenvalue weighted by Gasteiger charge is 2.50. The molecule has 2 heterocycles. The van der Waals surface area contributed by atoms with Crippen molar-refractivity contribution in [3.8, 4) is 11.5 Å². The number of allylic oxidation sites excluding steroid dienone is 1. The van der Waals surface area contributed by atoms with Gasteiger partial charge in [-0.2, -0.15) is 13.8 Å². The van der Waals surface area contributed by atoms with Gasteiger partial charge < -0.3 is 14.3 Å². The molecule has 0 fully saturated rings. The van der Waals surface area contributed by atoms with E-state index in [0.29, 0.717) is 29.2 Å². The zero-order valence-electron chi connectivity index (χ0n) is 24.0. The number of para-hydroxylation sites is 1. The van der Waals surface area contributed by atoms with Crippen LogP contribution in [-0.4, -0.2) is 34.9 Å². The van der Waals surface area contributed by atoms with Crippen molar-refractivity contribution in [2.45, 2.75) is 31.0 Å². The summed E-state index contributed by atoms with van der Waals surface area (Å²) < 4.78 is 47.7. The Hall–Kier alpha value is -4.83. The minimum Gasteiger partial charge on any atom is -0.334 e. The molecule has 0 bridgehead atoms. The Bertz CT molecular complexity index is 2000. The second-order valence-corrected chi connectivity index (χ2v) is 12.4. The summed E-state index contributed by atoms with van der Waals surface area (Å²) in [4.78, 5) is 22.8. The summed E-state index contributed by atoms with van der Waals surface area (Å²) in [5.41, 5.74) is -1.33. The Kier molecular flexibility index (Phi) is 8.01. The SMILES string of the molecule is Cc1noc(-c2ccc(C(C/C=C/c3ccccc3)(Cc3ccc(C(F)(F)P(=O)(O)O)cc3)n3nnc4ccccc43)cc2)n1. The van der Waals surface area contributed by atoms with Crippen LogP contribution in [0.15, 0.2) is 114 Å². The van der Waals surface area contributed by atoms with E-state index in [-0.39, 0.29) is 6.42 Å². The maximum atomic E-state index is 14.5. The quantitative estimate of drug-likeness (QED) is 0.154. The molecule has 12 heteroatoms. The summed E-state index contributed by atoms with van der Waals surface area (Å²) >= 11 is 0. The molecule has 0 saturated carbocycles. The lowest BCUT2D eigenvalue weighted by molar-refractivity contribution is 0.0564. The van der Waals surface area contributed by atoms with Crippen molar-refractivity contribution in [2.24, 2.45) is 0 Å². The number of nitrogens with zero attached hydrogens (tertiary/aromatic N) is 5. The first kappa shape index (κ1) is 30.2. The van der Waals surface area contributed by atoms with Gasteiger partial charge in [0.05, 0.1) is 11.1 Å². The van der Waals surface area contributed by atoms with E-state index < -0.39 is 24.4 Å². The minimum absolute atomic E-state index is 0.278. The molecule has 0 amide bonds. The molecule has 0 aliphatic carbocycles. The zero-order chi connectivity index (χ0) is 31.7. The van der Waals surface area contributed by atoms with Crippen LogP contribution in [0, 0.1) is 6.92 Å². The van der Waals surface area contributed by atoms with Gasteiger partial charge in [-0.3, -0.25) is 4.57 Å². The van der Waals surface area contributed by atoms with Crippen LogP contribution in [-0.2, 0) is 22.2 Å². The maximum Gasteiger partial charge on any atom is 0.399 e. The van der Waals surface area contributed by atoms with Gasteiger partial charge in [-0.15, -0.1) is 5.10 Å². The van der Waals surface area contributed by atoms with Crippen LogP contribution in [0.4, 0.5) is 8.78 Å². The number of hydrogen-bond donors (Lipinski definition) is 2. The Morgan fingerprint density at radius 2 is 1.56 bits per heavy atom. The van der Waals surface area contributed by atoms with E-state index in [9.17, 15) is 23.1 Å². The summed E-state index contributed by atoms with van der Waals surface area (Å²) in [6.45, 7) is 1.74. The van der Waals surface area contributed by atoms with Gasteiger partial charge in [0.15, 0.2) is 5.82 Å². The predicted octanol–water partition coefficient (Wildman–Crippen LogP) is 7.11. The van der Waals surface area contributed by atoms with Gasteiger partial charge in [-0.25, -0.2) is 4.68 Å². The highest BCUT2D eigenvalue weighted by Crippen LogP contribution is 2.59. The average molecular weight is 628 g/mol. The highest BCUT2D eigenvalue weighted by atomic mass is 31.2. The predicted molar refractivity (Wildman–Crippen MR) is 165 cm³/mol. The maximum absolute atomic E-state index is 14.5. The largest absolute Gasteiger partial charge is 0.399 e. The van der Waals surface area contributed by atoms with Gasteiger partial charge in [-0.1, -0.05) is 101 Å². The standard InChI is InChI=1S/C33H28F2N5O4P/c1-23-36-31(44-38-23)26-15-19-27(20-16-26)32(21-7-10-24-8-3-2-4-9-24,40-30-12-6-5-11-29(30)37-39-40)22-25-13-17-28(18-14-25)33(34,35)45(41,42)43/h2-20H,21-22H2,1H3,(H2,41,42,43)/b10-7+. The van der Waals surface area contributed by atoms with Crippen LogP contribution in [0.5, 0.6) is 0 Å². The van der Waals surface area contributed by atoms with E-state index >= 15 is 0 Å². The van der Waals surface area contributed by atoms with Crippen LogP contribution in [0.1, 0.15) is 34.5 Å². The third kappa shape index (κ3) is 5.98. The van der Waals surface area contributed by atoms with Gasteiger partial charge in [0.2, 0.25) is 0 Å². The van der Waals surface area contributed by atoms with Crippen LogP contribution in [0.25, 0.3) is 28.6 Å². The van der Waals surface area contributed by atoms with Crippen molar-refractivity contribution >= 4 is 24.7 Å². The van der Waals surface area contributed by atoms with Gasteiger partial charge in [0.1, 0.15) is 5.52 Å². The Morgan fingerprint density at radius 3 is 2.22 bits per heavy atom. The van der Waals surface area contributed by atoms with Gasteiger partial charge in [-0.05, 0) is 54.3 Å². The molecule has 6 aromatic rings. The molecular weight excluding hydrogens is 599 g/mol. The van der Waals surface area contributed by atoms with Gasteiger partial charge >= 0.3 is 13.3 Å². The van der Waals surface area contributed by atoms with Crippen LogP contribution in [0.2, 0.25) is 0 Å². The summed E-state index contributed by atoms with van der Waals surface area (Å²) in [6, 6.07) is 30.0. The van der Waals surface area contributed by atoms with Crippen LogP contribution >= 0.6 is 7.60 Å². The number of alkyl halides is 2. The third-order valence-corrected chi connectivity index (χ3v) is 8.67. The Morgan fingerprint density at radius 1 is 0.889 bits per heavy atom. The smallest absolute Gasteiger partial charge is 0.334 e. The van der Waals surface area contributed by atoms with Gasteiger partial charge in [0, 0.05) is 17.5 Å². The monoisotopic (exact) mass is 627 g/mol. The first-order valence-electron chi connectivity index (χ1n) is 14.0. The summed E-state index contributed by atoms with van der Waals surface area (Å²) in [5, 5.41) is 12.9. The second-order valence-electron chi connectivity index (χ2n) is 10.7. The molecule has 0 aliphatic heterocycles. The number of hydrogen-bond acceptors (Lipinski definition) is 6. The molecule has 0 aliphatic rings. The van der Waals surface area contributed by atoms with Crippen molar-refractivity contribution in [3.63, 3.8) is 0 Å². The molecular formula is C33H28F2N5O4P. The fraction of sp³-hybridized carbons (Fsp3) is 0.152. The molecule has 0 radical (unpaired) electrons. The number of benzene rings is 4. The van der Waals surface area contributed by atoms with E-state index in [4.69, 9.17) is 4.52 Å². The molecule has 6 rings (SSSR count). The Labute approximate surface area is 257 Å². The topological polar surface area (TPSA) is 127 Å². The second kappa shape index (κ2) is 11.9. The first-order valence-corrected chi connectivity index (χ1v) is 15.6. The van der Waals surface area contributed by atoms with Crippen molar-refractivity contribution in [1.82, 2.24) is 25.1 Å². The lowest BCUT2D eigenvalue weighted by Crippen LogP contribution is -2.38. The summed E-state index contributed by atoms with van der Waals surface area (Å²) in [7, 11) is -5.72. The molecule has 1 atom stereocenters. The zero-order valence-corrected chi connectivity index (χ0v) is 24.9. The van der Waals surface area contributed by atoms with Gasteiger partial charge in [0.25, 0.3) is 5.89 Å². The number of halogens is 2. The van der Waals surface area contributed by atoms with Crippen LogP contribution in [0.3, 0.4) is 0 Å². The Balaban J connectivity index is 1.50. The molecule has 228 valence electrons. The van der Waals surface area contributed by atoms with Crippen molar-refractivity contribution < 1.29 is 27.7 Å². The molecule has 1 unspecified atom stereocenters. The minimum atomic E-state index is -5.72. The van der Waals surface area contributed by atoms with Crippen LogP contribution < -0.4 is 0 Å². The normalized spacial score (nSPS) is 13.8. The lowest BCUT2D eigenvalue weighted by Gasteiger charge is -2.35. The first-order chi connectivity index (χ1) is 21.6. The molecule has 0 saturated heterocycles. The molecule has 9 nitrogen and oxygen atoms in total. The van der Waals surface area contributed by atoms with E-state index in [2.05, 4.69) is 20.5 Å². The number of aryl methyl sites for hydroxylation is 1. The molecule has 0 spiro atoms. The third-order valence-electron chi connectivity index (χ3n) is 7.68. The molecule has 4 aromatic carbocycles. The van der Waals surface area contributed by atoms with E-state index in [1.807, 2.05) is 95.7 Å². The fourth-order valence-electron chi connectivity index (χ4n) is 5.38. The van der Waals surface area contributed by atoms with E-state index in [0.717, 1.165) is 34.3 Å². The average Bonchev–Trinajstić information content (AvgIpc) is 3.68. The van der Waals surface area contributed by atoms with Crippen molar-refractivity contribution in [1.29, 1.82) is 0 Å². The van der Waals surface area contributed by atoms with E-state index in [1.165, 1.54) is 12.1 Å². The molecule has 2 N–H and O–H groups in total. The summed E-state index contributed by atoms with van der Waals surface area (Å²) in [5.74, 6) is 0.887. The van der Waals surface area contributed by atoms with Crippen molar-refractivity contribution in [2.75, 3.05) is 0 Å². The van der Waals surface area contributed by atoms with Crippen molar-refractivity contribution in [3.05, 3.63) is 137 Å². The fourth-order valence-corrected chi connectivity index (χ4v) is 5.87. The molecule has 45 heavy (non-hydrogen) atoms. The number of fused-ring (bicyclic) bond motifs is 1. The number of rotatable bonds is 10. The number of aromatic nitrogens is 5.